The number of nitrogens with one attached hydrogen (secondary N) is 2. The molecule has 0 unspecified atom stereocenters. The van der Waals surface area contributed by atoms with E-state index < -0.39 is 11.7 Å². The largest absolute Gasteiger partial charge is 0.436 e. The van der Waals surface area contributed by atoms with Crippen molar-refractivity contribution in [1.29, 1.82) is 0 Å². The van der Waals surface area contributed by atoms with Crippen molar-refractivity contribution in [2.75, 3.05) is 16.4 Å². The Morgan fingerprint density at radius 1 is 0.833 bits per heavy atom. The van der Waals surface area contributed by atoms with Gasteiger partial charge in [-0.15, -0.1) is 11.8 Å². The Morgan fingerprint density at radius 2 is 1.61 bits per heavy atom. The first kappa shape index (κ1) is 23.3. The maximum absolute atomic E-state index is 13.8. The van der Waals surface area contributed by atoms with Gasteiger partial charge < -0.3 is 15.1 Å². The first-order chi connectivity index (χ1) is 17.5. The van der Waals surface area contributed by atoms with E-state index in [-0.39, 0.29) is 17.2 Å². The molecule has 1 heterocycles. The van der Waals surface area contributed by atoms with E-state index in [4.69, 9.17) is 4.42 Å². The predicted octanol–water partition coefficient (Wildman–Crippen LogP) is 6.62. The number of fused-ring (bicyclic) bond motifs is 1. The van der Waals surface area contributed by atoms with Crippen molar-refractivity contribution in [2.45, 2.75) is 4.90 Å². The summed E-state index contributed by atoms with van der Waals surface area (Å²) in [5.74, 6) is -0.590. The number of para-hydroxylation sites is 2. The smallest absolute Gasteiger partial charge is 0.258 e. The van der Waals surface area contributed by atoms with Gasteiger partial charge in [0.15, 0.2) is 5.58 Å². The summed E-state index contributed by atoms with van der Waals surface area (Å²) in [7, 11) is 0. The zero-order chi connectivity index (χ0) is 24.9. The molecule has 8 heteroatoms. The van der Waals surface area contributed by atoms with Gasteiger partial charge in [0.25, 0.3) is 5.91 Å². The van der Waals surface area contributed by atoms with Gasteiger partial charge in [-0.3, -0.25) is 9.59 Å². The van der Waals surface area contributed by atoms with E-state index in [0.717, 1.165) is 21.6 Å². The van der Waals surface area contributed by atoms with E-state index in [2.05, 4.69) is 15.6 Å². The summed E-state index contributed by atoms with van der Waals surface area (Å²) in [6.07, 6.45) is 0. The van der Waals surface area contributed by atoms with Gasteiger partial charge in [0.05, 0.1) is 11.3 Å². The molecule has 2 amide bonds. The summed E-state index contributed by atoms with van der Waals surface area (Å²) >= 11 is 1.33. The number of benzene rings is 4. The van der Waals surface area contributed by atoms with Gasteiger partial charge in [-0.05, 0) is 66.7 Å². The molecule has 0 spiro atoms. The molecular formula is C28H20FN3O3S. The second-order valence-electron chi connectivity index (χ2n) is 7.86. The number of hydrogen-bond acceptors (Lipinski definition) is 5. The normalized spacial score (nSPS) is 10.8. The molecular weight excluding hydrogens is 477 g/mol. The second kappa shape index (κ2) is 10.5. The van der Waals surface area contributed by atoms with Crippen molar-refractivity contribution in [3.63, 3.8) is 0 Å². The minimum absolute atomic E-state index is 0.0305. The van der Waals surface area contributed by atoms with Gasteiger partial charge >= 0.3 is 0 Å². The van der Waals surface area contributed by atoms with Crippen molar-refractivity contribution in [2.24, 2.45) is 0 Å². The highest BCUT2D eigenvalue weighted by Crippen LogP contribution is 2.26. The standard InChI is InChI=1S/C28H20FN3O3S/c29-23-9-2-1-8-22(23)27(34)31-20-6-5-7-21(16-20)36-17-26(33)30-19-14-12-18(13-15-19)28-32-24-10-3-4-11-25(24)35-28/h1-16H,17H2,(H,30,33)(H,31,34). The van der Waals surface area contributed by atoms with Gasteiger partial charge in [-0.2, -0.15) is 0 Å². The van der Waals surface area contributed by atoms with Gasteiger partial charge in [0.1, 0.15) is 11.3 Å². The molecule has 5 rings (SSSR count). The summed E-state index contributed by atoms with van der Waals surface area (Å²) in [5.41, 5.74) is 3.47. The number of rotatable bonds is 7. The van der Waals surface area contributed by atoms with Crippen LogP contribution in [0.1, 0.15) is 10.4 Å². The molecule has 0 saturated carbocycles. The topological polar surface area (TPSA) is 84.2 Å². The first-order valence-corrected chi connectivity index (χ1v) is 12.1. The van der Waals surface area contributed by atoms with Crippen molar-refractivity contribution >= 4 is 46.1 Å². The van der Waals surface area contributed by atoms with E-state index in [1.165, 1.54) is 30.0 Å². The second-order valence-corrected chi connectivity index (χ2v) is 8.91. The summed E-state index contributed by atoms with van der Waals surface area (Å²) in [6, 6.07) is 27.7. The molecule has 2 N–H and O–H groups in total. The van der Waals surface area contributed by atoms with Crippen LogP contribution in [0.25, 0.3) is 22.6 Å². The molecule has 0 fully saturated rings. The summed E-state index contributed by atoms with van der Waals surface area (Å²) < 4.78 is 19.6. The molecule has 1 aromatic heterocycles. The van der Waals surface area contributed by atoms with Gasteiger partial charge in [0, 0.05) is 21.8 Å². The SMILES string of the molecule is O=C(CSc1cccc(NC(=O)c2ccccc2F)c1)Nc1ccc(-c2nc3ccccc3o2)cc1. The Bertz CT molecular complexity index is 1520. The number of aromatic nitrogens is 1. The van der Waals surface area contributed by atoms with Crippen molar-refractivity contribution in [1.82, 2.24) is 4.98 Å². The Kier molecular flexibility index (Phi) is 6.77. The van der Waals surface area contributed by atoms with Crippen molar-refractivity contribution in [3.05, 3.63) is 108 Å². The van der Waals surface area contributed by atoms with Crippen LogP contribution in [0, 0.1) is 5.82 Å². The molecule has 0 aliphatic carbocycles. The van der Waals surface area contributed by atoms with E-state index >= 15 is 0 Å². The van der Waals surface area contributed by atoms with Crippen LogP contribution in [-0.4, -0.2) is 22.6 Å². The predicted molar refractivity (Wildman–Crippen MR) is 140 cm³/mol. The van der Waals surface area contributed by atoms with Crippen LogP contribution in [0.4, 0.5) is 15.8 Å². The number of nitrogens with zero attached hydrogens (tertiary/aromatic N) is 1. The first-order valence-electron chi connectivity index (χ1n) is 11.1. The molecule has 0 atom stereocenters. The minimum atomic E-state index is -0.584. The van der Waals surface area contributed by atoms with Crippen LogP contribution in [0.3, 0.4) is 0 Å². The Balaban J connectivity index is 1.16. The summed E-state index contributed by atoms with van der Waals surface area (Å²) in [4.78, 5) is 30.1. The third kappa shape index (κ3) is 5.45. The third-order valence-electron chi connectivity index (χ3n) is 5.29. The fourth-order valence-corrected chi connectivity index (χ4v) is 4.30. The number of halogens is 1. The van der Waals surface area contributed by atoms with Crippen LogP contribution >= 0.6 is 11.8 Å². The quantitative estimate of drug-likeness (QED) is 0.247. The zero-order valence-corrected chi connectivity index (χ0v) is 19.7. The molecule has 178 valence electrons. The fourth-order valence-electron chi connectivity index (χ4n) is 3.55. The third-order valence-corrected chi connectivity index (χ3v) is 6.28. The number of hydrogen-bond donors (Lipinski definition) is 2. The average molecular weight is 498 g/mol. The maximum Gasteiger partial charge on any atom is 0.258 e. The van der Waals surface area contributed by atoms with Crippen LogP contribution in [0.5, 0.6) is 0 Å². The number of carbonyl (C=O) groups excluding carboxylic acids is 2. The number of amides is 2. The Labute approximate surface area is 210 Å². The summed E-state index contributed by atoms with van der Waals surface area (Å²) in [6.45, 7) is 0. The number of carbonyl (C=O) groups is 2. The fraction of sp³-hybridized carbons (Fsp3) is 0.0357. The van der Waals surface area contributed by atoms with E-state index in [1.54, 1.807) is 36.4 Å². The maximum atomic E-state index is 13.8. The highest BCUT2D eigenvalue weighted by Gasteiger charge is 2.12. The molecule has 5 aromatic rings. The lowest BCUT2D eigenvalue weighted by atomic mass is 10.2. The molecule has 36 heavy (non-hydrogen) atoms. The lowest BCUT2D eigenvalue weighted by Crippen LogP contribution is -2.14. The lowest BCUT2D eigenvalue weighted by Gasteiger charge is -2.09. The van der Waals surface area contributed by atoms with E-state index in [1.807, 2.05) is 42.5 Å². The molecule has 0 aliphatic heterocycles. The van der Waals surface area contributed by atoms with Gasteiger partial charge in [-0.1, -0.05) is 30.3 Å². The molecule has 4 aromatic carbocycles. The average Bonchev–Trinajstić information content (AvgIpc) is 3.33. The lowest BCUT2D eigenvalue weighted by molar-refractivity contribution is -0.113. The van der Waals surface area contributed by atoms with Crippen molar-refractivity contribution in [3.8, 4) is 11.5 Å². The van der Waals surface area contributed by atoms with Crippen LogP contribution < -0.4 is 10.6 Å². The molecule has 0 radical (unpaired) electrons. The highest BCUT2D eigenvalue weighted by atomic mass is 32.2. The van der Waals surface area contributed by atoms with Gasteiger partial charge in [0.2, 0.25) is 11.8 Å². The van der Waals surface area contributed by atoms with Crippen LogP contribution in [-0.2, 0) is 4.79 Å². The van der Waals surface area contributed by atoms with Crippen molar-refractivity contribution < 1.29 is 18.4 Å². The highest BCUT2D eigenvalue weighted by molar-refractivity contribution is 8.00. The van der Waals surface area contributed by atoms with E-state index in [9.17, 15) is 14.0 Å². The molecule has 6 nitrogen and oxygen atoms in total. The minimum Gasteiger partial charge on any atom is -0.436 e. The zero-order valence-electron chi connectivity index (χ0n) is 18.9. The Morgan fingerprint density at radius 3 is 2.42 bits per heavy atom. The molecule has 0 bridgehead atoms. The molecule has 0 saturated heterocycles. The number of thioether (sulfide) groups is 1. The number of anilines is 2. The molecule has 0 aliphatic rings. The van der Waals surface area contributed by atoms with Crippen LogP contribution in [0.15, 0.2) is 106 Å². The van der Waals surface area contributed by atoms with Crippen LogP contribution in [0.2, 0.25) is 0 Å². The summed E-state index contributed by atoms with van der Waals surface area (Å²) in [5, 5.41) is 5.56. The monoisotopic (exact) mass is 497 g/mol. The van der Waals surface area contributed by atoms with Gasteiger partial charge in [-0.25, -0.2) is 9.37 Å². The Hall–Kier alpha value is -4.43. The van der Waals surface area contributed by atoms with E-state index in [0.29, 0.717) is 17.3 Å². The number of oxazole rings is 1.